The zero-order chi connectivity index (χ0) is 18.0. The lowest BCUT2D eigenvalue weighted by atomic mass is 10.0. The average Bonchev–Trinajstić information content (AvgIpc) is 2.94. The van der Waals surface area contributed by atoms with Gasteiger partial charge < -0.3 is 19.2 Å². The summed E-state index contributed by atoms with van der Waals surface area (Å²) in [5, 5.41) is 9.22. The Morgan fingerprint density at radius 1 is 1.28 bits per heavy atom. The molecule has 0 fully saturated rings. The molecule has 0 radical (unpaired) electrons. The molecule has 0 unspecified atom stereocenters. The van der Waals surface area contributed by atoms with Crippen LogP contribution < -0.4 is 4.74 Å². The summed E-state index contributed by atoms with van der Waals surface area (Å²) in [4.78, 5) is 25.8. The quantitative estimate of drug-likeness (QED) is 0.923. The van der Waals surface area contributed by atoms with Crippen molar-refractivity contribution in [3.63, 3.8) is 0 Å². The third-order valence-electron chi connectivity index (χ3n) is 4.59. The molecule has 0 saturated heterocycles. The largest absolute Gasteiger partial charge is 0.496 e. The summed E-state index contributed by atoms with van der Waals surface area (Å²) in [7, 11) is 1.64. The standard InChI is InChI=1S/C19H21NO5/c1-3-15-14(19(22)23)11-17(25-15)18(21)20-9-7-12-5-4-6-16(24-2)13(12)8-10-20/h4-6,11H,3,7-10H2,1-2H3,(H,22,23). The number of carbonyl (C=O) groups excluding carboxylic acids is 1. The summed E-state index contributed by atoms with van der Waals surface area (Å²) < 4.78 is 10.9. The molecule has 6 nitrogen and oxygen atoms in total. The van der Waals surface area contributed by atoms with Crippen LogP contribution in [0, 0.1) is 0 Å². The number of hydrogen-bond acceptors (Lipinski definition) is 4. The van der Waals surface area contributed by atoms with Crippen molar-refractivity contribution in [3.8, 4) is 5.75 Å². The normalized spacial score (nSPS) is 13.9. The Labute approximate surface area is 146 Å². The van der Waals surface area contributed by atoms with Crippen LogP contribution >= 0.6 is 0 Å². The molecule has 0 spiro atoms. The van der Waals surface area contributed by atoms with Gasteiger partial charge in [-0.25, -0.2) is 4.79 Å². The number of methoxy groups -OCH3 is 1. The minimum absolute atomic E-state index is 0.0608. The van der Waals surface area contributed by atoms with E-state index in [1.165, 1.54) is 11.6 Å². The smallest absolute Gasteiger partial charge is 0.339 e. The van der Waals surface area contributed by atoms with Crippen molar-refractivity contribution in [1.29, 1.82) is 0 Å². The molecule has 0 aliphatic carbocycles. The van der Waals surface area contributed by atoms with Gasteiger partial charge in [-0.1, -0.05) is 19.1 Å². The second kappa shape index (κ2) is 7.01. The van der Waals surface area contributed by atoms with Crippen LogP contribution in [0.5, 0.6) is 5.75 Å². The van der Waals surface area contributed by atoms with Gasteiger partial charge in [-0.05, 0) is 30.0 Å². The van der Waals surface area contributed by atoms with Crippen molar-refractivity contribution in [2.24, 2.45) is 0 Å². The van der Waals surface area contributed by atoms with Gasteiger partial charge >= 0.3 is 5.97 Å². The van der Waals surface area contributed by atoms with Gasteiger partial charge in [0.05, 0.1) is 7.11 Å². The maximum Gasteiger partial charge on any atom is 0.339 e. The number of furan rings is 1. The molecule has 1 amide bonds. The van der Waals surface area contributed by atoms with Crippen LogP contribution in [0.2, 0.25) is 0 Å². The van der Waals surface area contributed by atoms with Gasteiger partial charge in [0, 0.05) is 25.6 Å². The van der Waals surface area contributed by atoms with Crippen molar-refractivity contribution >= 4 is 11.9 Å². The van der Waals surface area contributed by atoms with E-state index in [0.29, 0.717) is 31.7 Å². The first-order valence-corrected chi connectivity index (χ1v) is 8.35. The molecule has 0 atom stereocenters. The van der Waals surface area contributed by atoms with E-state index in [4.69, 9.17) is 9.15 Å². The van der Waals surface area contributed by atoms with Crippen molar-refractivity contribution in [3.05, 3.63) is 52.5 Å². The number of fused-ring (bicyclic) bond motifs is 1. The van der Waals surface area contributed by atoms with Gasteiger partial charge in [0.1, 0.15) is 17.1 Å². The van der Waals surface area contributed by atoms with Crippen molar-refractivity contribution in [1.82, 2.24) is 4.90 Å². The third-order valence-corrected chi connectivity index (χ3v) is 4.59. The van der Waals surface area contributed by atoms with E-state index in [1.54, 1.807) is 18.9 Å². The summed E-state index contributed by atoms with van der Waals surface area (Å²) in [5.41, 5.74) is 2.36. The van der Waals surface area contributed by atoms with Crippen molar-refractivity contribution in [2.75, 3.05) is 20.2 Å². The molecule has 6 heteroatoms. The summed E-state index contributed by atoms with van der Waals surface area (Å²) >= 11 is 0. The van der Waals surface area contributed by atoms with Crippen molar-refractivity contribution < 1.29 is 23.8 Å². The van der Waals surface area contributed by atoms with Crippen LogP contribution in [-0.2, 0) is 19.3 Å². The molecule has 1 aliphatic heterocycles. The van der Waals surface area contributed by atoms with Gasteiger partial charge in [-0.2, -0.15) is 0 Å². The third kappa shape index (κ3) is 3.24. The maximum absolute atomic E-state index is 12.8. The van der Waals surface area contributed by atoms with E-state index >= 15 is 0 Å². The number of aryl methyl sites for hydroxylation is 1. The second-order valence-electron chi connectivity index (χ2n) is 6.00. The zero-order valence-electron chi connectivity index (χ0n) is 14.4. The highest BCUT2D eigenvalue weighted by Crippen LogP contribution is 2.27. The minimum atomic E-state index is -1.08. The number of nitrogens with zero attached hydrogens (tertiary/aromatic N) is 1. The Morgan fingerprint density at radius 3 is 2.68 bits per heavy atom. The van der Waals surface area contributed by atoms with E-state index in [-0.39, 0.29) is 17.2 Å². The molecule has 0 saturated carbocycles. The fourth-order valence-electron chi connectivity index (χ4n) is 3.27. The number of ether oxygens (including phenoxy) is 1. The highest BCUT2D eigenvalue weighted by molar-refractivity contribution is 5.96. The molecule has 1 aliphatic rings. The molecule has 1 aromatic carbocycles. The lowest BCUT2D eigenvalue weighted by Crippen LogP contribution is -2.33. The number of rotatable bonds is 4. The Morgan fingerprint density at radius 2 is 2.04 bits per heavy atom. The molecule has 132 valence electrons. The van der Waals surface area contributed by atoms with E-state index in [1.807, 2.05) is 12.1 Å². The summed E-state index contributed by atoms with van der Waals surface area (Å²) in [6, 6.07) is 7.27. The Balaban J connectivity index is 1.82. The summed E-state index contributed by atoms with van der Waals surface area (Å²) in [5.74, 6) is -0.0874. The molecular formula is C19H21NO5. The zero-order valence-corrected chi connectivity index (χ0v) is 14.4. The fourth-order valence-corrected chi connectivity index (χ4v) is 3.27. The molecule has 1 N–H and O–H groups in total. The number of carboxylic acids is 1. The lowest BCUT2D eigenvalue weighted by molar-refractivity contribution is 0.0691. The first-order valence-electron chi connectivity index (χ1n) is 8.35. The first kappa shape index (κ1) is 17.1. The molecule has 0 bridgehead atoms. The van der Waals surface area contributed by atoms with Gasteiger partial charge in [0.25, 0.3) is 5.91 Å². The second-order valence-corrected chi connectivity index (χ2v) is 6.00. The van der Waals surface area contributed by atoms with E-state index < -0.39 is 5.97 Å². The monoisotopic (exact) mass is 343 g/mol. The Hall–Kier alpha value is -2.76. The molecule has 2 aromatic rings. The van der Waals surface area contributed by atoms with Crippen LogP contribution in [0.25, 0.3) is 0 Å². The minimum Gasteiger partial charge on any atom is -0.496 e. The van der Waals surface area contributed by atoms with Gasteiger partial charge in [-0.3, -0.25) is 4.79 Å². The van der Waals surface area contributed by atoms with E-state index in [9.17, 15) is 14.7 Å². The number of hydrogen-bond donors (Lipinski definition) is 1. The number of amides is 1. The number of aromatic carboxylic acids is 1. The van der Waals surface area contributed by atoms with E-state index in [2.05, 4.69) is 6.07 Å². The molecular weight excluding hydrogens is 322 g/mol. The molecule has 1 aromatic heterocycles. The number of carboxylic acid groups (broad SMARTS) is 1. The van der Waals surface area contributed by atoms with E-state index in [0.717, 1.165) is 17.7 Å². The van der Waals surface area contributed by atoms with Crippen molar-refractivity contribution in [2.45, 2.75) is 26.2 Å². The molecule has 25 heavy (non-hydrogen) atoms. The Kier molecular flexibility index (Phi) is 4.79. The van der Waals surface area contributed by atoms with Gasteiger partial charge in [0.2, 0.25) is 0 Å². The van der Waals surface area contributed by atoms with Crippen LogP contribution in [0.4, 0.5) is 0 Å². The number of carbonyl (C=O) groups is 2. The SMILES string of the molecule is CCc1oc(C(=O)N2CCc3cccc(OC)c3CC2)cc1C(=O)O. The van der Waals surface area contributed by atoms with Crippen LogP contribution in [-0.4, -0.2) is 42.1 Å². The Bertz CT molecular complexity index is 808. The maximum atomic E-state index is 12.8. The molecule has 3 rings (SSSR count). The van der Waals surface area contributed by atoms with Gasteiger partial charge in [0.15, 0.2) is 5.76 Å². The molecule has 2 heterocycles. The average molecular weight is 343 g/mol. The predicted molar refractivity (Wildman–Crippen MR) is 91.4 cm³/mol. The highest BCUT2D eigenvalue weighted by atomic mass is 16.5. The van der Waals surface area contributed by atoms with Crippen LogP contribution in [0.3, 0.4) is 0 Å². The van der Waals surface area contributed by atoms with Crippen LogP contribution in [0.15, 0.2) is 28.7 Å². The highest BCUT2D eigenvalue weighted by Gasteiger charge is 2.26. The summed E-state index contributed by atoms with van der Waals surface area (Å²) in [6.07, 6.45) is 1.85. The lowest BCUT2D eigenvalue weighted by Gasteiger charge is -2.18. The number of benzene rings is 1. The topological polar surface area (TPSA) is 80.0 Å². The van der Waals surface area contributed by atoms with Gasteiger partial charge in [-0.15, -0.1) is 0 Å². The first-order chi connectivity index (χ1) is 12.0. The fraction of sp³-hybridized carbons (Fsp3) is 0.368. The van der Waals surface area contributed by atoms with Crippen LogP contribution in [0.1, 0.15) is 44.7 Å². The summed E-state index contributed by atoms with van der Waals surface area (Å²) in [6.45, 7) is 2.90. The predicted octanol–water partition coefficient (Wildman–Crippen LogP) is 2.79.